The minimum absolute atomic E-state index is 0.307. The Bertz CT molecular complexity index is 543. The lowest BCUT2D eigenvalue weighted by molar-refractivity contribution is 0.613. The first-order chi connectivity index (χ1) is 8.70. The lowest BCUT2D eigenvalue weighted by Gasteiger charge is -2.11. The number of hydrogen-bond acceptors (Lipinski definition) is 1. The predicted molar refractivity (Wildman–Crippen MR) is 74.7 cm³/mol. The zero-order valence-corrected chi connectivity index (χ0v) is 11.1. The minimum atomic E-state index is -0.307. The molecule has 0 atom stereocenters. The molecule has 0 fully saturated rings. The molecule has 0 saturated carbocycles. The number of alkyl halides is 1. The van der Waals surface area contributed by atoms with Crippen LogP contribution in [0.5, 0.6) is 0 Å². The summed E-state index contributed by atoms with van der Waals surface area (Å²) in [5.74, 6) is 0.116. The molecular weight excluding hydrogens is 272 g/mol. The number of anilines is 1. The highest BCUT2D eigenvalue weighted by Gasteiger charge is 2.04. The average Bonchev–Trinajstić information content (AvgIpc) is 2.38. The SMILES string of the molecule is Fc1cc(Cl)ccc1CNc1ccccc1CCl. The summed E-state index contributed by atoms with van der Waals surface area (Å²) in [4.78, 5) is 0. The fourth-order valence-corrected chi connectivity index (χ4v) is 2.06. The van der Waals surface area contributed by atoms with Crippen molar-refractivity contribution in [3.05, 3.63) is 64.4 Å². The molecule has 0 amide bonds. The first kappa shape index (κ1) is 13.2. The summed E-state index contributed by atoms with van der Waals surface area (Å²) in [6.07, 6.45) is 0. The van der Waals surface area contributed by atoms with Gasteiger partial charge in [0, 0.05) is 28.7 Å². The van der Waals surface area contributed by atoms with Crippen molar-refractivity contribution in [2.45, 2.75) is 12.4 Å². The van der Waals surface area contributed by atoms with E-state index < -0.39 is 0 Å². The Balaban J connectivity index is 2.11. The van der Waals surface area contributed by atoms with Gasteiger partial charge in [0.25, 0.3) is 0 Å². The largest absolute Gasteiger partial charge is 0.381 e. The Kier molecular flexibility index (Phi) is 4.45. The van der Waals surface area contributed by atoms with Crippen LogP contribution < -0.4 is 5.32 Å². The number of para-hydroxylation sites is 1. The van der Waals surface area contributed by atoms with E-state index in [-0.39, 0.29) is 5.82 Å². The van der Waals surface area contributed by atoms with Crippen LogP contribution in [0, 0.1) is 5.82 Å². The normalized spacial score (nSPS) is 10.4. The summed E-state index contributed by atoms with van der Waals surface area (Å²) in [7, 11) is 0. The summed E-state index contributed by atoms with van der Waals surface area (Å²) in [5, 5.41) is 3.57. The molecular formula is C14H12Cl2FN. The molecule has 0 unspecified atom stereocenters. The van der Waals surface area contributed by atoms with E-state index >= 15 is 0 Å². The highest BCUT2D eigenvalue weighted by molar-refractivity contribution is 6.30. The molecule has 2 rings (SSSR count). The second kappa shape index (κ2) is 6.07. The monoisotopic (exact) mass is 283 g/mol. The van der Waals surface area contributed by atoms with Gasteiger partial charge in [0.05, 0.1) is 0 Å². The summed E-state index contributed by atoms with van der Waals surface area (Å²) >= 11 is 11.5. The van der Waals surface area contributed by atoms with Gasteiger partial charge < -0.3 is 5.32 Å². The Hall–Kier alpha value is -1.25. The molecule has 0 aliphatic carbocycles. The Labute approximate surface area is 116 Å². The van der Waals surface area contributed by atoms with Gasteiger partial charge in [-0.3, -0.25) is 0 Å². The smallest absolute Gasteiger partial charge is 0.129 e. The zero-order chi connectivity index (χ0) is 13.0. The van der Waals surface area contributed by atoms with Crippen molar-refractivity contribution in [3.8, 4) is 0 Å². The van der Waals surface area contributed by atoms with E-state index in [0.29, 0.717) is 23.0 Å². The van der Waals surface area contributed by atoms with Crippen LogP contribution in [0.2, 0.25) is 5.02 Å². The highest BCUT2D eigenvalue weighted by atomic mass is 35.5. The van der Waals surface area contributed by atoms with Crippen LogP contribution >= 0.6 is 23.2 Å². The van der Waals surface area contributed by atoms with Crippen molar-refractivity contribution in [2.75, 3.05) is 5.32 Å². The van der Waals surface area contributed by atoms with Gasteiger partial charge in [-0.25, -0.2) is 4.39 Å². The van der Waals surface area contributed by atoms with E-state index in [1.165, 1.54) is 6.07 Å². The van der Waals surface area contributed by atoms with Crippen molar-refractivity contribution >= 4 is 28.9 Å². The van der Waals surface area contributed by atoms with E-state index in [9.17, 15) is 4.39 Å². The molecule has 0 aliphatic rings. The molecule has 0 spiro atoms. The standard InChI is InChI=1S/C14H12Cl2FN/c15-8-10-3-1-2-4-14(10)18-9-11-5-6-12(16)7-13(11)17/h1-7,18H,8-9H2. The molecule has 1 nitrogen and oxygen atoms in total. The van der Waals surface area contributed by atoms with Crippen LogP contribution in [-0.2, 0) is 12.4 Å². The molecule has 4 heteroatoms. The molecule has 0 saturated heterocycles. The van der Waals surface area contributed by atoms with E-state index in [2.05, 4.69) is 5.32 Å². The Morgan fingerprint density at radius 2 is 1.83 bits per heavy atom. The van der Waals surface area contributed by atoms with Gasteiger partial charge in [0.1, 0.15) is 5.82 Å². The number of benzene rings is 2. The third kappa shape index (κ3) is 3.15. The fraction of sp³-hybridized carbons (Fsp3) is 0.143. The summed E-state index contributed by atoms with van der Waals surface area (Å²) in [6.45, 7) is 0.400. The fourth-order valence-electron chi connectivity index (χ4n) is 1.66. The lowest BCUT2D eigenvalue weighted by atomic mass is 10.1. The number of nitrogens with one attached hydrogen (secondary N) is 1. The van der Waals surface area contributed by atoms with Crippen LogP contribution in [0.4, 0.5) is 10.1 Å². The second-order valence-electron chi connectivity index (χ2n) is 3.88. The van der Waals surface area contributed by atoms with E-state index in [1.54, 1.807) is 12.1 Å². The van der Waals surface area contributed by atoms with Crippen LogP contribution in [-0.4, -0.2) is 0 Å². The molecule has 0 bridgehead atoms. The topological polar surface area (TPSA) is 12.0 Å². The molecule has 18 heavy (non-hydrogen) atoms. The van der Waals surface area contributed by atoms with Crippen molar-refractivity contribution < 1.29 is 4.39 Å². The third-order valence-electron chi connectivity index (χ3n) is 2.65. The first-order valence-electron chi connectivity index (χ1n) is 5.52. The van der Waals surface area contributed by atoms with Crippen molar-refractivity contribution in [3.63, 3.8) is 0 Å². The second-order valence-corrected chi connectivity index (χ2v) is 4.58. The van der Waals surface area contributed by atoms with Crippen molar-refractivity contribution in [1.82, 2.24) is 0 Å². The van der Waals surface area contributed by atoms with Crippen LogP contribution in [0.3, 0.4) is 0 Å². The summed E-state index contributed by atoms with van der Waals surface area (Å²) in [6, 6.07) is 12.4. The molecule has 94 valence electrons. The molecule has 0 radical (unpaired) electrons. The van der Waals surface area contributed by atoms with Crippen LogP contribution in [0.25, 0.3) is 0 Å². The van der Waals surface area contributed by atoms with E-state index in [4.69, 9.17) is 23.2 Å². The molecule has 0 aromatic heterocycles. The van der Waals surface area contributed by atoms with Gasteiger partial charge in [-0.15, -0.1) is 11.6 Å². The van der Waals surface area contributed by atoms with Gasteiger partial charge in [0.2, 0.25) is 0 Å². The van der Waals surface area contributed by atoms with Crippen molar-refractivity contribution in [1.29, 1.82) is 0 Å². The van der Waals surface area contributed by atoms with Crippen LogP contribution in [0.15, 0.2) is 42.5 Å². The maximum absolute atomic E-state index is 13.6. The highest BCUT2D eigenvalue weighted by Crippen LogP contribution is 2.20. The number of hydrogen-bond donors (Lipinski definition) is 1. The molecule has 0 aliphatic heterocycles. The summed E-state index contributed by atoms with van der Waals surface area (Å²) < 4.78 is 13.6. The zero-order valence-electron chi connectivity index (χ0n) is 9.59. The third-order valence-corrected chi connectivity index (χ3v) is 3.17. The van der Waals surface area contributed by atoms with Gasteiger partial charge in [0.15, 0.2) is 0 Å². The molecule has 2 aromatic rings. The molecule has 0 heterocycles. The molecule has 1 N–H and O–H groups in total. The summed E-state index contributed by atoms with van der Waals surface area (Å²) in [5.41, 5.74) is 2.49. The Morgan fingerprint density at radius 1 is 1.06 bits per heavy atom. The molecule has 2 aromatic carbocycles. The van der Waals surface area contributed by atoms with E-state index in [1.807, 2.05) is 24.3 Å². The number of rotatable bonds is 4. The lowest BCUT2D eigenvalue weighted by Crippen LogP contribution is -2.03. The van der Waals surface area contributed by atoms with Crippen molar-refractivity contribution in [2.24, 2.45) is 0 Å². The maximum Gasteiger partial charge on any atom is 0.129 e. The number of halogens is 3. The van der Waals surface area contributed by atoms with Gasteiger partial charge in [-0.2, -0.15) is 0 Å². The van der Waals surface area contributed by atoms with Crippen LogP contribution in [0.1, 0.15) is 11.1 Å². The maximum atomic E-state index is 13.6. The Morgan fingerprint density at radius 3 is 2.56 bits per heavy atom. The predicted octanol–water partition coefficient (Wildman–Crippen LogP) is 4.83. The van der Waals surface area contributed by atoms with Gasteiger partial charge in [-0.1, -0.05) is 35.9 Å². The first-order valence-corrected chi connectivity index (χ1v) is 6.43. The minimum Gasteiger partial charge on any atom is -0.381 e. The van der Waals surface area contributed by atoms with Gasteiger partial charge in [-0.05, 0) is 23.8 Å². The van der Waals surface area contributed by atoms with E-state index in [0.717, 1.165) is 11.3 Å². The van der Waals surface area contributed by atoms with Gasteiger partial charge >= 0.3 is 0 Å². The quantitative estimate of drug-likeness (QED) is 0.793. The average molecular weight is 284 g/mol.